The highest BCUT2D eigenvalue weighted by molar-refractivity contribution is 6.08. The second-order valence-electron chi connectivity index (χ2n) is 5.19. The minimum absolute atomic E-state index is 0.325. The van der Waals surface area contributed by atoms with Gasteiger partial charge in [-0.05, 0) is 25.1 Å². The number of nitrogens with zero attached hydrogens (tertiary/aromatic N) is 1. The van der Waals surface area contributed by atoms with Crippen LogP contribution in [0, 0.1) is 6.85 Å². The lowest BCUT2D eigenvalue weighted by molar-refractivity contribution is -0.660. The van der Waals surface area contributed by atoms with E-state index in [1.54, 1.807) is 12.3 Å². The van der Waals surface area contributed by atoms with Crippen LogP contribution in [-0.4, -0.2) is 0 Å². The van der Waals surface area contributed by atoms with Crippen LogP contribution in [-0.2, 0) is 7.05 Å². The molecule has 0 radical (unpaired) electrons. The number of fused-ring (bicyclic) bond motifs is 3. The summed E-state index contributed by atoms with van der Waals surface area (Å²) in [7, 11) is 1.85. The molecule has 0 saturated carbocycles. The van der Waals surface area contributed by atoms with Crippen molar-refractivity contribution in [2.24, 2.45) is 7.05 Å². The van der Waals surface area contributed by atoms with Crippen LogP contribution in [0.2, 0.25) is 0 Å². The summed E-state index contributed by atoms with van der Waals surface area (Å²) in [4.78, 5) is 0. The quantitative estimate of drug-likeness (QED) is 0.472. The third-order valence-electron chi connectivity index (χ3n) is 3.81. The van der Waals surface area contributed by atoms with Crippen molar-refractivity contribution in [3.8, 4) is 11.3 Å². The fourth-order valence-electron chi connectivity index (χ4n) is 2.84. The number of hydrogen-bond acceptors (Lipinski definition) is 1. The first-order valence-corrected chi connectivity index (χ1v) is 6.86. The highest BCUT2D eigenvalue weighted by atomic mass is 16.3. The zero-order chi connectivity index (χ0) is 16.9. The number of aromatic nitrogens is 1. The Bertz CT molecular complexity index is 1060. The molecule has 0 N–H and O–H groups in total. The molecule has 2 aromatic heterocycles. The average Bonchev–Trinajstić information content (AvgIpc) is 2.93. The van der Waals surface area contributed by atoms with E-state index in [0.717, 1.165) is 33.2 Å². The number of benzene rings is 2. The molecule has 0 saturated heterocycles. The van der Waals surface area contributed by atoms with Gasteiger partial charge in [0.25, 0.3) is 0 Å². The summed E-state index contributed by atoms with van der Waals surface area (Å²) in [5.74, 6) is 0. The normalized spacial score (nSPS) is 14.0. The first kappa shape index (κ1) is 9.35. The van der Waals surface area contributed by atoms with Crippen molar-refractivity contribution in [3.05, 3.63) is 66.4 Å². The van der Waals surface area contributed by atoms with E-state index in [9.17, 15) is 0 Å². The summed E-state index contributed by atoms with van der Waals surface area (Å²) < 4.78 is 30.6. The molecule has 2 heteroatoms. The van der Waals surface area contributed by atoms with E-state index in [2.05, 4.69) is 0 Å². The molecule has 0 atom stereocenters. The molecule has 2 heterocycles. The average molecular weight is 277 g/mol. The lowest BCUT2D eigenvalue weighted by Gasteiger charge is -2.02. The molecule has 0 spiro atoms. The zero-order valence-electron chi connectivity index (χ0n) is 14.6. The van der Waals surface area contributed by atoms with Gasteiger partial charge in [0.1, 0.15) is 18.2 Å². The van der Waals surface area contributed by atoms with Crippen molar-refractivity contribution in [2.75, 3.05) is 0 Å². The molecule has 0 aliphatic rings. The van der Waals surface area contributed by atoms with Crippen LogP contribution in [0.4, 0.5) is 0 Å². The summed E-state index contributed by atoms with van der Waals surface area (Å²) >= 11 is 0. The van der Waals surface area contributed by atoms with Crippen LogP contribution in [0.15, 0.2) is 65.2 Å². The predicted octanol–water partition coefficient (Wildman–Crippen LogP) is 4.39. The monoisotopic (exact) mass is 277 g/mol. The molecule has 0 fully saturated rings. The number of furan rings is 1. The Kier molecular flexibility index (Phi) is 1.98. The lowest BCUT2D eigenvalue weighted by atomic mass is 10.1. The van der Waals surface area contributed by atoms with Crippen molar-refractivity contribution >= 4 is 21.9 Å². The minimum Gasteiger partial charge on any atom is -0.455 e. The van der Waals surface area contributed by atoms with Gasteiger partial charge < -0.3 is 4.42 Å². The SMILES string of the molecule is [2H]C([2H])([2H])c1ccc(-c2cccc3c2oc2ccccc23)[n+](C)c1. The second kappa shape index (κ2) is 4.45. The van der Waals surface area contributed by atoms with E-state index in [4.69, 9.17) is 8.53 Å². The van der Waals surface area contributed by atoms with Gasteiger partial charge in [-0.25, -0.2) is 4.57 Å². The van der Waals surface area contributed by atoms with Crippen molar-refractivity contribution < 1.29 is 13.1 Å². The number of aryl methyl sites for hydroxylation is 2. The first-order chi connectivity index (χ1) is 11.4. The molecule has 4 aromatic rings. The summed E-state index contributed by atoms with van der Waals surface area (Å²) in [6.45, 7) is -2.11. The predicted molar refractivity (Wildman–Crippen MR) is 85.1 cm³/mol. The molecule has 0 amide bonds. The van der Waals surface area contributed by atoms with Gasteiger partial charge in [0.05, 0.1) is 5.56 Å². The van der Waals surface area contributed by atoms with Gasteiger partial charge >= 0.3 is 0 Å². The zero-order valence-corrected chi connectivity index (χ0v) is 11.6. The molecule has 21 heavy (non-hydrogen) atoms. The number of hydrogen-bond donors (Lipinski definition) is 0. The maximum absolute atomic E-state index is 7.55. The topological polar surface area (TPSA) is 17.0 Å². The Labute approximate surface area is 127 Å². The molecular weight excluding hydrogens is 258 g/mol. The molecule has 102 valence electrons. The van der Waals surface area contributed by atoms with Crippen LogP contribution >= 0.6 is 0 Å². The van der Waals surface area contributed by atoms with Gasteiger partial charge in [-0.3, -0.25) is 0 Å². The molecule has 0 bridgehead atoms. The Balaban J connectivity index is 1.97. The maximum Gasteiger partial charge on any atom is 0.216 e. The fourth-order valence-corrected chi connectivity index (χ4v) is 2.84. The van der Waals surface area contributed by atoms with Crippen LogP contribution in [0.5, 0.6) is 0 Å². The number of para-hydroxylation sites is 2. The van der Waals surface area contributed by atoms with E-state index in [-0.39, 0.29) is 0 Å². The Morgan fingerprint density at radius 2 is 1.81 bits per heavy atom. The maximum atomic E-state index is 7.55. The highest BCUT2D eigenvalue weighted by Gasteiger charge is 2.17. The van der Waals surface area contributed by atoms with Gasteiger partial charge in [-0.1, -0.05) is 30.3 Å². The Morgan fingerprint density at radius 1 is 0.952 bits per heavy atom. The molecule has 0 unspecified atom stereocenters. The first-order valence-electron chi connectivity index (χ1n) is 8.36. The highest BCUT2D eigenvalue weighted by Crippen LogP contribution is 2.34. The third kappa shape index (κ3) is 1.83. The van der Waals surface area contributed by atoms with Gasteiger partial charge in [-0.2, -0.15) is 0 Å². The van der Waals surface area contributed by atoms with Crippen molar-refractivity contribution in [1.29, 1.82) is 0 Å². The number of pyridine rings is 1. The van der Waals surface area contributed by atoms with Crippen LogP contribution in [0.25, 0.3) is 33.2 Å². The van der Waals surface area contributed by atoms with E-state index >= 15 is 0 Å². The fraction of sp³-hybridized carbons (Fsp3) is 0.105. The van der Waals surface area contributed by atoms with E-state index in [1.807, 2.05) is 60.1 Å². The van der Waals surface area contributed by atoms with E-state index in [1.165, 1.54) is 0 Å². The lowest BCUT2D eigenvalue weighted by Crippen LogP contribution is -2.30. The third-order valence-corrected chi connectivity index (χ3v) is 3.81. The Hall–Kier alpha value is -2.61. The summed E-state index contributed by atoms with van der Waals surface area (Å²) in [5.41, 5.74) is 3.85. The minimum atomic E-state index is -2.11. The van der Waals surface area contributed by atoms with E-state index in [0.29, 0.717) is 5.56 Å². The summed E-state index contributed by atoms with van der Waals surface area (Å²) in [6, 6.07) is 17.5. The van der Waals surface area contributed by atoms with Crippen molar-refractivity contribution in [3.63, 3.8) is 0 Å². The van der Waals surface area contributed by atoms with Gasteiger partial charge in [0.2, 0.25) is 5.69 Å². The molecule has 2 aromatic carbocycles. The number of rotatable bonds is 1. The largest absolute Gasteiger partial charge is 0.455 e. The standard InChI is InChI=1S/C19H16NO/c1-13-10-11-17(20(2)12-13)16-8-5-7-15-14-6-3-4-9-18(14)21-19(15)16/h3-12H,1-2H3/q+1/i1D3. The molecule has 4 rings (SSSR count). The van der Waals surface area contributed by atoms with Gasteiger partial charge in [0.15, 0.2) is 6.20 Å². The molecule has 2 nitrogen and oxygen atoms in total. The van der Waals surface area contributed by atoms with Gasteiger partial charge in [-0.15, -0.1) is 0 Å². The molecule has 0 aliphatic carbocycles. The Morgan fingerprint density at radius 3 is 2.67 bits per heavy atom. The van der Waals surface area contributed by atoms with Crippen molar-refractivity contribution in [1.82, 2.24) is 0 Å². The van der Waals surface area contributed by atoms with Crippen LogP contribution in [0.1, 0.15) is 9.68 Å². The summed E-state index contributed by atoms with van der Waals surface area (Å²) in [5, 5.41) is 2.14. The van der Waals surface area contributed by atoms with E-state index < -0.39 is 6.85 Å². The smallest absolute Gasteiger partial charge is 0.216 e. The van der Waals surface area contributed by atoms with Crippen LogP contribution < -0.4 is 4.57 Å². The van der Waals surface area contributed by atoms with Crippen LogP contribution in [0.3, 0.4) is 0 Å². The second-order valence-corrected chi connectivity index (χ2v) is 5.19. The molecule has 0 aliphatic heterocycles. The summed E-state index contributed by atoms with van der Waals surface area (Å²) in [6.07, 6.45) is 1.66. The van der Waals surface area contributed by atoms with Gasteiger partial charge in [0, 0.05) is 26.5 Å². The van der Waals surface area contributed by atoms with Crippen molar-refractivity contribution in [2.45, 2.75) is 6.85 Å². The molecular formula is C19H16NO+.